The van der Waals surface area contributed by atoms with Gasteiger partial charge in [-0.2, -0.15) is 0 Å². The summed E-state index contributed by atoms with van der Waals surface area (Å²) in [7, 11) is 0. The van der Waals surface area contributed by atoms with E-state index in [1.165, 1.54) is 12.1 Å². The number of benzene rings is 2. The van der Waals surface area contributed by atoms with Gasteiger partial charge in [-0.15, -0.1) is 0 Å². The second-order valence-electron chi connectivity index (χ2n) is 7.28. The van der Waals surface area contributed by atoms with Crippen LogP contribution in [-0.2, 0) is 29.1 Å². The first-order chi connectivity index (χ1) is 15.1. The minimum absolute atomic E-state index is 0.135. The highest BCUT2D eigenvalue weighted by Gasteiger charge is 2.29. The fourth-order valence-electron chi connectivity index (χ4n) is 3.35. The Bertz CT molecular complexity index is 979. The lowest BCUT2D eigenvalue weighted by molar-refractivity contribution is -0.141. The average molecular weight is 420 g/mol. The molecule has 2 aromatic carbocycles. The number of amides is 2. The van der Waals surface area contributed by atoms with Crippen molar-refractivity contribution in [3.8, 4) is 0 Å². The minimum Gasteiger partial charge on any atom is -0.350 e. The van der Waals surface area contributed by atoms with Gasteiger partial charge in [0.05, 0.1) is 0 Å². The summed E-state index contributed by atoms with van der Waals surface area (Å²) in [6.07, 6.45) is 3.99. The third-order valence-corrected chi connectivity index (χ3v) is 5.06. The standard InChI is InChI=1S/C25H26FN3O2/c1-2-24(30)29(18-21-8-10-22(26)11-9-21)23(16-19-6-4-3-5-7-19)25(31)28-17-20-12-14-27-15-13-20/h3-15,23H,2,16-18H2,1H3,(H,28,31)/t23-/m1/s1. The second-order valence-corrected chi connectivity index (χ2v) is 7.28. The number of rotatable bonds is 9. The van der Waals surface area contributed by atoms with E-state index in [2.05, 4.69) is 10.3 Å². The summed E-state index contributed by atoms with van der Waals surface area (Å²) in [5, 5.41) is 2.95. The number of carbonyl (C=O) groups is 2. The van der Waals surface area contributed by atoms with Crippen LogP contribution in [0.2, 0.25) is 0 Å². The highest BCUT2D eigenvalue weighted by atomic mass is 19.1. The quantitative estimate of drug-likeness (QED) is 0.572. The number of nitrogens with one attached hydrogen (secondary N) is 1. The lowest BCUT2D eigenvalue weighted by atomic mass is 10.0. The van der Waals surface area contributed by atoms with E-state index in [-0.39, 0.29) is 30.6 Å². The van der Waals surface area contributed by atoms with Crippen LogP contribution in [0.3, 0.4) is 0 Å². The van der Waals surface area contributed by atoms with E-state index in [9.17, 15) is 14.0 Å². The van der Waals surface area contributed by atoms with Gasteiger partial charge in [-0.05, 0) is 41.0 Å². The maximum Gasteiger partial charge on any atom is 0.243 e. The first-order valence-corrected chi connectivity index (χ1v) is 10.3. The normalized spacial score (nSPS) is 11.5. The van der Waals surface area contributed by atoms with E-state index in [0.717, 1.165) is 16.7 Å². The molecule has 0 radical (unpaired) electrons. The van der Waals surface area contributed by atoms with Gasteiger partial charge in [0.2, 0.25) is 11.8 Å². The lowest BCUT2D eigenvalue weighted by Gasteiger charge is -2.31. The maximum absolute atomic E-state index is 13.3. The van der Waals surface area contributed by atoms with Crippen LogP contribution in [0.1, 0.15) is 30.0 Å². The van der Waals surface area contributed by atoms with E-state index < -0.39 is 6.04 Å². The molecule has 3 rings (SSSR count). The first-order valence-electron chi connectivity index (χ1n) is 10.3. The molecule has 0 saturated carbocycles. The number of aromatic nitrogens is 1. The van der Waals surface area contributed by atoms with Crippen molar-refractivity contribution in [1.29, 1.82) is 0 Å². The van der Waals surface area contributed by atoms with Crippen molar-refractivity contribution in [1.82, 2.24) is 15.2 Å². The van der Waals surface area contributed by atoms with E-state index in [1.54, 1.807) is 36.4 Å². The molecule has 0 aliphatic carbocycles. The largest absolute Gasteiger partial charge is 0.350 e. The van der Waals surface area contributed by atoms with Crippen molar-refractivity contribution in [3.05, 3.63) is 102 Å². The highest BCUT2D eigenvalue weighted by Crippen LogP contribution is 2.16. The summed E-state index contributed by atoms with van der Waals surface area (Å²) < 4.78 is 13.3. The van der Waals surface area contributed by atoms with Crippen LogP contribution in [0.5, 0.6) is 0 Å². The van der Waals surface area contributed by atoms with Crippen molar-refractivity contribution in [2.24, 2.45) is 0 Å². The van der Waals surface area contributed by atoms with E-state index in [1.807, 2.05) is 42.5 Å². The molecule has 2 amide bonds. The summed E-state index contributed by atoms with van der Waals surface area (Å²) in [6.45, 7) is 2.35. The van der Waals surface area contributed by atoms with Gasteiger partial charge in [0, 0.05) is 38.3 Å². The number of hydrogen-bond acceptors (Lipinski definition) is 3. The molecule has 1 atom stereocenters. The molecule has 1 N–H and O–H groups in total. The van der Waals surface area contributed by atoms with E-state index in [0.29, 0.717) is 13.0 Å². The Morgan fingerprint density at radius 1 is 0.935 bits per heavy atom. The molecule has 1 aromatic heterocycles. The zero-order valence-electron chi connectivity index (χ0n) is 17.5. The Kier molecular flexibility index (Phi) is 7.87. The zero-order chi connectivity index (χ0) is 22.1. The van der Waals surface area contributed by atoms with Crippen molar-refractivity contribution in [2.75, 3.05) is 0 Å². The first kappa shape index (κ1) is 22.2. The van der Waals surface area contributed by atoms with Gasteiger partial charge < -0.3 is 10.2 Å². The molecule has 5 nitrogen and oxygen atoms in total. The highest BCUT2D eigenvalue weighted by molar-refractivity contribution is 5.87. The fraction of sp³-hybridized carbons (Fsp3) is 0.240. The predicted molar refractivity (Wildman–Crippen MR) is 117 cm³/mol. The monoisotopic (exact) mass is 419 g/mol. The van der Waals surface area contributed by atoms with Gasteiger partial charge >= 0.3 is 0 Å². The number of hydrogen-bond donors (Lipinski definition) is 1. The number of halogens is 1. The van der Waals surface area contributed by atoms with Gasteiger partial charge in [-0.25, -0.2) is 4.39 Å². The molecule has 1 heterocycles. The van der Waals surface area contributed by atoms with Gasteiger partial charge in [-0.3, -0.25) is 14.6 Å². The SMILES string of the molecule is CCC(=O)N(Cc1ccc(F)cc1)[C@H](Cc1ccccc1)C(=O)NCc1ccncc1. The van der Waals surface area contributed by atoms with Crippen LogP contribution in [-0.4, -0.2) is 27.7 Å². The molecular formula is C25H26FN3O2. The molecule has 0 bridgehead atoms. The number of pyridine rings is 1. The Hall–Kier alpha value is -3.54. The molecule has 6 heteroatoms. The van der Waals surface area contributed by atoms with E-state index in [4.69, 9.17) is 0 Å². The maximum atomic E-state index is 13.3. The molecule has 0 aliphatic rings. The summed E-state index contributed by atoms with van der Waals surface area (Å²) in [4.78, 5) is 31.7. The predicted octanol–water partition coefficient (Wildman–Crippen LogP) is 3.89. The summed E-state index contributed by atoms with van der Waals surface area (Å²) in [6, 6.07) is 18.6. The van der Waals surface area contributed by atoms with Crippen LogP contribution < -0.4 is 5.32 Å². The van der Waals surface area contributed by atoms with Crippen molar-refractivity contribution in [3.63, 3.8) is 0 Å². The van der Waals surface area contributed by atoms with Crippen LogP contribution in [0.15, 0.2) is 79.1 Å². The minimum atomic E-state index is -0.693. The van der Waals surface area contributed by atoms with Crippen molar-refractivity contribution >= 4 is 11.8 Å². The summed E-state index contributed by atoms with van der Waals surface area (Å²) in [5.41, 5.74) is 2.65. The molecule has 0 saturated heterocycles. The van der Waals surface area contributed by atoms with Crippen LogP contribution in [0.4, 0.5) is 4.39 Å². The third-order valence-electron chi connectivity index (χ3n) is 5.06. The average Bonchev–Trinajstić information content (AvgIpc) is 2.82. The molecule has 0 spiro atoms. The third kappa shape index (κ3) is 6.47. The molecular weight excluding hydrogens is 393 g/mol. The second kappa shape index (κ2) is 11.0. The number of carbonyl (C=O) groups excluding carboxylic acids is 2. The molecule has 160 valence electrons. The van der Waals surface area contributed by atoms with E-state index >= 15 is 0 Å². The Morgan fingerprint density at radius 3 is 2.26 bits per heavy atom. The summed E-state index contributed by atoms with van der Waals surface area (Å²) in [5.74, 6) is -0.707. The van der Waals surface area contributed by atoms with Gasteiger partial charge in [0.1, 0.15) is 11.9 Å². The number of nitrogens with zero attached hydrogens (tertiary/aromatic N) is 2. The Labute approximate surface area is 181 Å². The van der Waals surface area contributed by atoms with Crippen LogP contribution >= 0.6 is 0 Å². The molecule has 0 aliphatic heterocycles. The molecule has 0 fully saturated rings. The van der Waals surface area contributed by atoms with Crippen molar-refractivity contribution in [2.45, 2.75) is 38.9 Å². The molecule has 31 heavy (non-hydrogen) atoms. The van der Waals surface area contributed by atoms with Crippen molar-refractivity contribution < 1.29 is 14.0 Å². The fourth-order valence-corrected chi connectivity index (χ4v) is 3.35. The molecule has 0 unspecified atom stereocenters. The topological polar surface area (TPSA) is 62.3 Å². The van der Waals surface area contributed by atoms with Gasteiger partial charge in [0.15, 0.2) is 0 Å². The zero-order valence-corrected chi connectivity index (χ0v) is 17.5. The Morgan fingerprint density at radius 2 is 1.61 bits per heavy atom. The van der Waals surface area contributed by atoms with Crippen LogP contribution in [0, 0.1) is 5.82 Å². The smallest absolute Gasteiger partial charge is 0.243 e. The Balaban J connectivity index is 1.85. The van der Waals surface area contributed by atoms with Gasteiger partial charge in [-0.1, -0.05) is 49.4 Å². The lowest BCUT2D eigenvalue weighted by Crippen LogP contribution is -2.50. The van der Waals surface area contributed by atoms with Gasteiger partial charge in [0.25, 0.3) is 0 Å². The summed E-state index contributed by atoms with van der Waals surface area (Å²) >= 11 is 0. The van der Waals surface area contributed by atoms with Crippen LogP contribution in [0.25, 0.3) is 0 Å². The molecule has 3 aromatic rings.